The van der Waals surface area contributed by atoms with Gasteiger partial charge in [-0.15, -0.1) is 0 Å². The number of oxazole rings is 2. The molecule has 4 heterocycles. The molecule has 8 nitrogen and oxygen atoms in total. The van der Waals surface area contributed by atoms with Gasteiger partial charge in [-0.2, -0.15) is 0 Å². The summed E-state index contributed by atoms with van der Waals surface area (Å²) in [5.41, 5.74) is 12.0. The second kappa shape index (κ2) is 12.7. The Morgan fingerprint density at radius 1 is 0.467 bits per heavy atom. The minimum atomic E-state index is -0.200. The average molecular weight is 777 g/mol. The van der Waals surface area contributed by atoms with E-state index >= 15 is 0 Å². The Kier molecular flexibility index (Phi) is 6.97. The predicted octanol–water partition coefficient (Wildman–Crippen LogP) is 14.0. The van der Waals surface area contributed by atoms with E-state index < -0.39 is 0 Å². The highest BCUT2D eigenvalue weighted by molar-refractivity contribution is 6.07. The topological polar surface area (TPSA) is 77.0 Å². The van der Waals surface area contributed by atoms with E-state index in [4.69, 9.17) is 28.3 Å². The summed E-state index contributed by atoms with van der Waals surface area (Å²) in [6.07, 6.45) is 2.96. The van der Waals surface area contributed by atoms with Crippen LogP contribution in [0.25, 0.3) is 50.1 Å². The Balaban J connectivity index is 1.11. The molecule has 3 aliphatic rings. The highest BCUT2D eigenvalue weighted by Crippen LogP contribution is 2.55. The number of aromatic nitrogens is 2. The van der Waals surface area contributed by atoms with Crippen molar-refractivity contribution in [2.75, 3.05) is 9.80 Å². The van der Waals surface area contributed by atoms with E-state index in [0.29, 0.717) is 18.2 Å². The number of para-hydroxylation sites is 12. The highest BCUT2D eigenvalue weighted by atomic mass is 16.5. The number of fused-ring (bicyclic) bond motifs is 9. The van der Waals surface area contributed by atoms with Crippen molar-refractivity contribution in [2.24, 2.45) is 0 Å². The Labute approximate surface area is 343 Å². The van der Waals surface area contributed by atoms with Crippen molar-refractivity contribution in [3.8, 4) is 34.5 Å². The number of hydrogen-bond donors (Lipinski definition) is 0. The largest absolute Gasteiger partial charge is 0.453 e. The fraction of sp³-hybridized carbons (Fsp3) is 0.0385. The minimum Gasteiger partial charge on any atom is -0.453 e. The van der Waals surface area contributed by atoms with Gasteiger partial charge < -0.3 is 28.1 Å². The minimum absolute atomic E-state index is 0.200. The van der Waals surface area contributed by atoms with Crippen LogP contribution in [0.5, 0.6) is 23.0 Å². The van der Waals surface area contributed by atoms with E-state index in [9.17, 15) is 0 Å². The maximum absolute atomic E-state index is 6.59. The average Bonchev–Trinajstić information content (AvgIpc) is 3.95. The van der Waals surface area contributed by atoms with Crippen LogP contribution in [0.15, 0.2) is 185 Å². The molecular formula is C52H32N4O4. The molecule has 2 aliphatic heterocycles. The maximum atomic E-state index is 6.59. The number of nitrogens with zero attached hydrogens (tertiary/aromatic N) is 4. The maximum Gasteiger partial charge on any atom is 0.227 e. The van der Waals surface area contributed by atoms with Gasteiger partial charge in [0.25, 0.3) is 0 Å². The Hall–Kier alpha value is -8.10. The van der Waals surface area contributed by atoms with Crippen molar-refractivity contribution < 1.29 is 18.3 Å². The van der Waals surface area contributed by atoms with Gasteiger partial charge in [0.2, 0.25) is 11.8 Å². The summed E-state index contributed by atoms with van der Waals surface area (Å²) in [6.45, 7) is 0. The van der Waals surface area contributed by atoms with Crippen LogP contribution in [0.2, 0.25) is 0 Å². The molecule has 0 radical (unpaired) electrons. The number of allylic oxidation sites excluding steroid dienone is 1. The fourth-order valence-corrected chi connectivity index (χ4v) is 9.13. The van der Waals surface area contributed by atoms with Gasteiger partial charge in [-0.3, -0.25) is 0 Å². The zero-order chi connectivity index (χ0) is 39.3. The van der Waals surface area contributed by atoms with E-state index in [0.717, 1.165) is 107 Å². The molecule has 13 rings (SSSR count). The Morgan fingerprint density at radius 3 is 1.60 bits per heavy atom. The van der Waals surface area contributed by atoms with Crippen LogP contribution in [0.3, 0.4) is 0 Å². The number of hydrogen-bond acceptors (Lipinski definition) is 8. The molecule has 0 saturated carbocycles. The van der Waals surface area contributed by atoms with E-state index in [2.05, 4.69) is 88.7 Å². The first-order valence-electron chi connectivity index (χ1n) is 20.1. The van der Waals surface area contributed by atoms with Gasteiger partial charge in [0, 0.05) is 16.5 Å². The van der Waals surface area contributed by atoms with E-state index in [1.807, 2.05) is 97.1 Å². The monoisotopic (exact) mass is 776 g/mol. The summed E-state index contributed by atoms with van der Waals surface area (Å²) < 4.78 is 26.1. The quantitative estimate of drug-likeness (QED) is 0.175. The van der Waals surface area contributed by atoms with Crippen molar-refractivity contribution in [1.82, 2.24) is 9.97 Å². The predicted molar refractivity (Wildman–Crippen MR) is 235 cm³/mol. The third-order valence-electron chi connectivity index (χ3n) is 11.8. The molecular weight excluding hydrogens is 745 g/mol. The van der Waals surface area contributed by atoms with Crippen molar-refractivity contribution >= 4 is 67.1 Å². The molecule has 0 saturated heterocycles. The van der Waals surface area contributed by atoms with Crippen LogP contribution in [-0.4, -0.2) is 9.97 Å². The second-order valence-electron chi connectivity index (χ2n) is 15.3. The molecule has 2 aromatic heterocycles. The normalized spacial score (nSPS) is 15.1. The van der Waals surface area contributed by atoms with Crippen LogP contribution < -0.4 is 19.3 Å². The molecule has 0 amide bonds. The van der Waals surface area contributed by atoms with Crippen molar-refractivity contribution in [1.29, 1.82) is 0 Å². The fourth-order valence-electron chi connectivity index (χ4n) is 9.13. The summed E-state index contributed by atoms with van der Waals surface area (Å²) in [4.78, 5) is 14.8. The van der Waals surface area contributed by atoms with Gasteiger partial charge >= 0.3 is 0 Å². The van der Waals surface area contributed by atoms with Crippen LogP contribution in [0.1, 0.15) is 22.9 Å². The van der Waals surface area contributed by atoms with Gasteiger partial charge in [-0.05, 0) is 108 Å². The second-order valence-corrected chi connectivity index (χ2v) is 15.3. The van der Waals surface area contributed by atoms with E-state index in [1.54, 1.807) is 0 Å². The molecule has 60 heavy (non-hydrogen) atoms. The smallest absolute Gasteiger partial charge is 0.227 e. The number of ether oxygens (including phenoxy) is 2. The first-order valence-corrected chi connectivity index (χ1v) is 20.1. The zero-order valence-corrected chi connectivity index (χ0v) is 31.9. The van der Waals surface area contributed by atoms with Gasteiger partial charge in [0.1, 0.15) is 11.0 Å². The molecule has 0 spiro atoms. The van der Waals surface area contributed by atoms with Gasteiger partial charge in [-0.1, -0.05) is 84.9 Å². The molecule has 1 aliphatic carbocycles. The van der Waals surface area contributed by atoms with Gasteiger partial charge in [0.05, 0.1) is 40.1 Å². The highest BCUT2D eigenvalue weighted by Gasteiger charge is 2.35. The van der Waals surface area contributed by atoms with Crippen molar-refractivity contribution in [3.05, 3.63) is 193 Å². The summed E-state index contributed by atoms with van der Waals surface area (Å²) in [5.74, 6) is 4.14. The van der Waals surface area contributed by atoms with Crippen molar-refractivity contribution in [2.45, 2.75) is 12.3 Å². The van der Waals surface area contributed by atoms with Gasteiger partial charge in [-0.25, -0.2) is 9.97 Å². The molecule has 1 atom stereocenters. The van der Waals surface area contributed by atoms with Crippen LogP contribution in [-0.2, 0) is 6.42 Å². The lowest BCUT2D eigenvalue weighted by atomic mass is 9.82. The molecule has 0 fully saturated rings. The van der Waals surface area contributed by atoms with E-state index in [1.165, 1.54) is 0 Å². The molecule has 8 heteroatoms. The van der Waals surface area contributed by atoms with Crippen LogP contribution in [0.4, 0.5) is 28.4 Å². The standard InChI is InChI=1S/C52H32N4O4/c1-7-19-45-37(13-1)53-51(59-45)31-27-35-33(43(29-31)55-39-15-3-9-21-47(39)57-48-22-10-4-16-40(48)55)25-26-34-36(35)28-32(52-54-38-14-2-8-20-46(38)60-52)30-44(34)56-41-17-5-11-23-49(41)58-50-24-12-6-18-42(50)56/h1-27,29-30,32H,28H2. The number of anilines is 5. The lowest BCUT2D eigenvalue weighted by Gasteiger charge is -2.38. The van der Waals surface area contributed by atoms with Gasteiger partial charge in [0.15, 0.2) is 34.2 Å². The lowest BCUT2D eigenvalue weighted by molar-refractivity contribution is 0.476. The first-order chi connectivity index (χ1) is 29.7. The third-order valence-corrected chi connectivity index (χ3v) is 11.8. The molecule has 10 aromatic rings. The molecule has 8 aromatic carbocycles. The molecule has 0 bridgehead atoms. The lowest BCUT2D eigenvalue weighted by Crippen LogP contribution is -2.24. The van der Waals surface area contributed by atoms with E-state index in [-0.39, 0.29) is 5.92 Å². The third kappa shape index (κ3) is 4.97. The number of rotatable bonds is 4. The first kappa shape index (κ1) is 32.9. The summed E-state index contributed by atoms with van der Waals surface area (Å²) >= 11 is 0. The van der Waals surface area contributed by atoms with Crippen LogP contribution >= 0.6 is 0 Å². The number of benzene rings is 8. The molecule has 0 N–H and O–H groups in total. The summed E-state index contributed by atoms with van der Waals surface area (Å²) in [7, 11) is 0. The summed E-state index contributed by atoms with van der Waals surface area (Å²) in [5, 5.41) is 2.14. The zero-order valence-electron chi connectivity index (χ0n) is 31.9. The Bertz CT molecular complexity index is 3260. The molecule has 1 unspecified atom stereocenters. The molecule has 284 valence electrons. The van der Waals surface area contributed by atoms with Crippen molar-refractivity contribution in [3.63, 3.8) is 0 Å². The van der Waals surface area contributed by atoms with Crippen LogP contribution in [0, 0.1) is 0 Å². The summed E-state index contributed by atoms with van der Waals surface area (Å²) in [6, 6.07) is 57.7. The SMILES string of the molecule is C1=C(N2c3ccccc3Oc3ccccc32)c2ccc3c(N4c5ccccc5Oc5ccccc54)cc(-c4nc5ccccc5o4)cc3c2CC1c1nc2ccccc2o1. The Morgan fingerprint density at radius 2 is 1.00 bits per heavy atom.